The fraction of sp³-hybridized carbons (Fsp3) is 0.231. The zero-order valence-electron chi connectivity index (χ0n) is 9.43. The predicted octanol–water partition coefficient (Wildman–Crippen LogP) is 1.54. The summed E-state index contributed by atoms with van der Waals surface area (Å²) in [6, 6.07) is 4.65. The normalized spacial score (nSPS) is 9.71. The monoisotopic (exact) mass is 232 g/mol. The van der Waals surface area contributed by atoms with Gasteiger partial charge >= 0.3 is 0 Å². The minimum Gasteiger partial charge on any atom is -0.303 e. The van der Waals surface area contributed by atoms with Crippen molar-refractivity contribution in [1.29, 1.82) is 0 Å². The van der Waals surface area contributed by atoms with E-state index in [-0.39, 0.29) is 24.4 Å². The van der Waals surface area contributed by atoms with Gasteiger partial charge in [-0.2, -0.15) is 0 Å². The second-order valence-corrected chi connectivity index (χ2v) is 3.68. The molecule has 0 saturated heterocycles. The van der Waals surface area contributed by atoms with E-state index in [0.29, 0.717) is 23.7 Å². The maximum atomic E-state index is 11.5. The number of carbonyl (C=O) groups is 4. The van der Waals surface area contributed by atoms with Crippen molar-refractivity contribution in [1.82, 2.24) is 0 Å². The molecule has 0 unspecified atom stereocenters. The van der Waals surface area contributed by atoms with Gasteiger partial charge in [0.15, 0.2) is 11.6 Å². The number of carbonyl (C=O) groups excluding carboxylic acids is 4. The second kappa shape index (κ2) is 5.84. The van der Waals surface area contributed by atoms with Crippen LogP contribution in [0.3, 0.4) is 0 Å². The third-order valence-electron chi connectivity index (χ3n) is 2.26. The highest BCUT2D eigenvalue weighted by molar-refractivity contribution is 6.07. The van der Waals surface area contributed by atoms with Crippen LogP contribution in [-0.2, 0) is 9.59 Å². The van der Waals surface area contributed by atoms with Gasteiger partial charge in [0.25, 0.3) is 0 Å². The summed E-state index contributed by atoms with van der Waals surface area (Å²) in [6.07, 6.45) is 0.644. The molecule has 1 rings (SSSR count). The molecule has 4 heteroatoms. The molecule has 1 aromatic carbocycles. The van der Waals surface area contributed by atoms with Crippen LogP contribution < -0.4 is 0 Å². The molecular weight excluding hydrogens is 220 g/mol. The highest BCUT2D eigenvalue weighted by atomic mass is 16.1. The summed E-state index contributed by atoms with van der Waals surface area (Å²) in [7, 11) is 0. The molecule has 0 aliphatic heterocycles. The molecule has 0 aliphatic rings. The Morgan fingerprint density at radius 2 is 1.35 bits per heavy atom. The molecule has 0 atom stereocenters. The van der Waals surface area contributed by atoms with Gasteiger partial charge in [0.05, 0.1) is 12.8 Å². The zero-order valence-corrected chi connectivity index (χ0v) is 9.43. The Morgan fingerprint density at radius 3 is 1.71 bits per heavy atom. The largest absolute Gasteiger partial charge is 0.303 e. The van der Waals surface area contributed by atoms with Crippen molar-refractivity contribution in [2.75, 3.05) is 0 Å². The number of aryl methyl sites for hydroxylation is 1. The summed E-state index contributed by atoms with van der Waals surface area (Å²) in [4.78, 5) is 43.6. The smallest absolute Gasteiger partial charge is 0.169 e. The maximum Gasteiger partial charge on any atom is 0.169 e. The first-order valence-corrected chi connectivity index (χ1v) is 5.14. The summed E-state index contributed by atoms with van der Waals surface area (Å²) >= 11 is 0. The Balaban J connectivity index is 3.09. The van der Waals surface area contributed by atoms with Crippen LogP contribution in [0.5, 0.6) is 0 Å². The van der Waals surface area contributed by atoms with E-state index in [1.54, 1.807) is 19.1 Å². The molecule has 0 aromatic heterocycles. The van der Waals surface area contributed by atoms with Crippen LogP contribution in [0, 0.1) is 6.92 Å². The number of benzene rings is 1. The van der Waals surface area contributed by atoms with Crippen LogP contribution in [0.1, 0.15) is 39.1 Å². The molecule has 0 bridgehead atoms. The van der Waals surface area contributed by atoms with E-state index in [0.717, 1.165) is 5.56 Å². The third-order valence-corrected chi connectivity index (χ3v) is 2.26. The van der Waals surface area contributed by atoms with Gasteiger partial charge in [-0.05, 0) is 30.7 Å². The molecule has 0 fully saturated rings. The molecule has 0 N–H and O–H groups in total. The van der Waals surface area contributed by atoms with E-state index in [1.807, 2.05) is 0 Å². The maximum absolute atomic E-state index is 11.5. The van der Waals surface area contributed by atoms with Crippen molar-refractivity contribution in [3.8, 4) is 0 Å². The van der Waals surface area contributed by atoms with Crippen molar-refractivity contribution in [2.24, 2.45) is 0 Å². The van der Waals surface area contributed by atoms with E-state index >= 15 is 0 Å². The van der Waals surface area contributed by atoms with Gasteiger partial charge in [-0.3, -0.25) is 9.59 Å². The van der Waals surface area contributed by atoms with Gasteiger partial charge in [0, 0.05) is 11.1 Å². The van der Waals surface area contributed by atoms with E-state index in [9.17, 15) is 19.2 Å². The SMILES string of the molecule is Cc1cc(C(=O)CC=O)cc(C(=O)CC=O)c1. The minimum absolute atomic E-state index is 0.204. The van der Waals surface area contributed by atoms with Crippen molar-refractivity contribution in [3.63, 3.8) is 0 Å². The quantitative estimate of drug-likeness (QED) is 0.424. The Morgan fingerprint density at radius 1 is 0.941 bits per heavy atom. The van der Waals surface area contributed by atoms with E-state index in [2.05, 4.69) is 0 Å². The van der Waals surface area contributed by atoms with Crippen molar-refractivity contribution in [3.05, 3.63) is 34.9 Å². The first-order chi connectivity index (χ1) is 8.08. The molecule has 0 aliphatic carbocycles. The summed E-state index contributed by atoms with van der Waals surface area (Å²) < 4.78 is 0. The van der Waals surface area contributed by atoms with Crippen molar-refractivity contribution >= 4 is 24.1 Å². The molecule has 0 saturated carbocycles. The number of rotatable bonds is 6. The number of ketones is 2. The summed E-state index contributed by atoms with van der Waals surface area (Å²) in [5.74, 6) is -0.660. The first kappa shape index (κ1) is 13.0. The fourth-order valence-electron chi connectivity index (χ4n) is 1.49. The number of hydrogen-bond donors (Lipinski definition) is 0. The summed E-state index contributed by atoms with van der Waals surface area (Å²) in [6.45, 7) is 1.75. The van der Waals surface area contributed by atoms with Crippen LogP contribution >= 0.6 is 0 Å². The topological polar surface area (TPSA) is 68.3 Å². The molecular formula is C13H12O4. The van der Waals surface area contributed by atoms with Crippen LogP contribution in [0.4, 0.5) is 0 Å². The lowest BCUT2D eigenvalue weighted by molar-refractivity contribution is -0.108. The van der Waals surface area contributed by atoms with Crippen LogP contribution in [0.15, 0.2) is 18.2 Å². The van der Waals surface area contributed by atoms with Gasteiger partial charge in [-0.1, -0.05) is 0 Å². The fourth-order valence-corrected chi connectivity index (χ4v) is 1.49. The Hall–Kier alpha value is -2.10. The molecule has 1 aromatic rings. The van der Waals surface area contributed by atoms with E-state index in [1.165, 1.54) is 6.07 Å². The number of hydrogen-bond acceptors (Lipinski definition) is 4. The standard InChI is InChI=1S/C13H12O4/c1-9-6-10(12(16)2-4-14)8-11(7-9)13(17)3-5-15/h4-8H,2-3H2,1H3. The van der Waals surface area contributed by atoms with Gasteiger partial charge < -0.3 is 9.59 Å². The van der Waals surface area contributed by atoms with Crippen molar-refractivity contribution in [2.45, 2.75) is 19.8 Å². The highest BCUT2D eigenvalue weighted by Gasteiger charge is 2.11. The van der Waals surface area contributed by atoms with Gasteiger partial charge in [-0.15, -0.1) is 0 Å². The molecule has 88 valence electrons. The number of Topliss-reactive ketones (excluding diaryl/α,β-unsaturated/α-hetero) is 2. The number of aldehydes is 2. The lowest BCUT2D eigenvalue weighted by Crippen LogP contribution is -2.05. The average molecular weight is 232 g/mol. The Bertz CT molecular complexity index is 434. The van der Waals surface area contributed by atoms with E-state index in [4.69, 9.17) is 0 Å². The molecule has 4 nitrogen and oxygen atoms in total. The molecule has 0 heterocycles. The lowest BCUT2D eigenvalue weighted by atomic mass is 9.99. The third kappa shape index (κ3) is 3.45. The van der Waals surface area contributed by atoms with Crippen LogP contribution in [-0.4, -0.2) is 24.1 Å². The van der Waals surface area contributed by atoms with Crippen LogP contribution in [0.25, 0.3) is 0 Å². The first-order valence-electron chi connectivity index (χ1n) is 5.14. The molecule has 17 heavy (non-hydrogen) atoms. The summed E-state index contributed by atoms with van der Waals surface area (Å²) in [5, 5.41) is 0. The van der Waals surface area contributed by atoms with Crippen molar-refractivity contribution < 1.29 is 19.2 Å². The predicted molar refractivity (Wildman–Crippen MR) is 61.2 cm³/mol. The molecule has 0 radical (unpaired) electrons. The van der Waals surface area contributed by atoms with Gasteiger partial charge in [0.2, 0.25) is 0 Å². The molecule has 0 amide bonds. The lowest BCUT2D eigenvalue weighted by Gasteiger charge is -2.04. The second-order valence-electron chi connectivity index (χ2n) is 3.68. The van der Waals surface area contributed by atoms with Gasteiger partial charge in [0.1, 0.15) is 12.6 Å². The summed E-state index contributed by atoms with van der Waals surface area (Å²) in [5.41, 5.74) is 1.40. The zero-order chi connectivity index (χ0) is 12.8. The Labute approximate surface area is 98.6 Å². The minimum atomic E-state index is -0.330. The Kier molecular flexibility index (Phi) is 4.46. The average Bonchev–Trinajstić information content (AvgIpc) is 2.29. The molecule has 0 spiro atoms. The van der Waals surface area contributed by atoms with Crippen LogP contribution in [0.2, 0.25) is 0 Å². The van der Waals surface area contributed by atoms with Gasteiger partial charge in [-0.25, -0.2) is 0 Å². The van der Waals surface area contributed by atoms with E-state index < -0.39 is 0 Å². The highest BCUT2D eigenvalue weighted by Crippen LogP contribution is 2.13.